The van der Waals surface area contributed by atoms with E-state index in [9.17, 15) is 0 Å². The molecule has 1 aliphatic rings. The van der Waals surface area contributed by atoms with Gasteiger partial charge in [0.25, 0.3) is 5.78 Å². The number of aryl methyl sites for hydroxylation is 1. The predicted octanol–water partition coefficient (Wildman–Crippen LogP) is 1.00. The molecule has 0 unspecified atom stereocenters. The van der Waals surface area contributed by atoms with Crippen LogP contribution in [-0.2, 0) is 12.8 Å². The molecule has 13 heavy (non-hydrogen) atoms. The lowest BCUT2D eigenvalue weighted by atomic mass is 9.98. The van der Waals surface area contributed by atoms with E-state index in [2.05, 4.69) is 15.1 Å². The van der Waals surface area contributed by atoms with Crippen molar-refractivity contribution in [1.29, 1.82) is 0 Å². The average Bonchev–Trinajstić information content (AvgIpc) is 2.68. The van der Waals surface area contributed by atoms with Gasteiger partial charge >= 0.3 is 0 Å². The van der Waals surface area contributed by atoms with Gasteiger partial charge in [-0.2, -0.15) is 10.1 Å². The van der Waals surface area contributed by atoms with Gasteiger partial charge in [-0.25, -0.2) is 9.50 Å². The van der Waals surface area contributed by atoms with Gasteiger partial charge < -0.3 is 0 Å². The smallest absolute Gasteiger partial charge is 0.216 e. The quantitative estimate of drug-likeness (QED) is 0.603. The Balaban J connectivity index is 2.38. The van der Waals surface area contributed by atoms with Crippen molar-refractivity contribution >= 4 is 5.78 Å². The van der Waals surface area contributed by atoms with Crippen molar-refractivity contribution in [3.63, 3.8) is 0 Å². The number of hydrogen-bond acceptors (Lipinski definition) is 3. The topological polar surface area (TPSA) is 43.1 Å². The van der Waals surface area contributed by atoms with Crippen molar-refractivity contribution in [1.82, 2.24) is 19.6 Å². The van der Waals surface area contributed by atoms with Crippen molar-refractivity contribution in [2.24, 2.45) is 0 Å². The fourth-order valence-corrected chi connectivity index (χ4v) is 1.53. The Bertz CT molecular complexity index is 563. The Morgan fingerprint density at radius 1 is 1.54 bits per heavy atom. The molecule has 0 aromatic carbocycles. The molecule has 2 heterocycles. The minimum Gasteiger partial charge on any atom is -0.216 e. The lowest BCUT2D eigenvalue weighted by Gasteiger charge is -2.13. The summed E-state index contributed by atoms with van der Waals surface area (Å²) in [5.74, 6) is 0.300. The van der Waals surface area contributed by atoms with Gasteiger partial charge in [-0.05, 0) is 31.2 Å². The van der Waals surface area contributed by atoms with Crippen LogP contribution in [0.1, 0.15) is 28.2 Å². The van der Waals surface area contributed by atoms with Gasteiger partial charge in [0.15, 0.2) is 0 Å². The molecule has 0 spiro atoms. The summed E-state index contributed by atoms with van der Waals surface area (Å²) in [4.78, 5) is 8.09. The third-order valence-electron chi connectivity index (χ3n) is 2.16. The van der Waals surface area contributed by atoms with Gasteiger partial charge in [-0.1, -0.05) is 0 Å². The first-order chi connectivity index (χ1) is 7.59. The maximum absolute atomic E-state index is 7.96. The summed E-state index contributed by atoms with van der Waals surface area (Å²) in [6.07, 6.45) is 1.99. The summed E-state index contributed by atoms with van der Waals surface area (Å²) >= 11 is 0. The van der Waals surface area contributed by atoms with Crippen LogP contribution in [0.15, 0.2) is 12.5 Å². The van der Waals surface area contributed by atoms with E-state index in [-0.39, 0.29) is 6.17 Å². The Labute approximate surface area is 79.8 Å². The second-order valence-corrected chi connectivity index (χ2v) is 3.05. The zero-order valence-electron chi connectivity index (χ0n) is 9.99. The molecule has 0 aliphatic heterocycles. The molecule has 0 saturated carbocycles. The largest absolute Gasteiger partial charge is 0.252 e. The van der Waals surface area contributed by atoms with Crippen molar-refractivity contribution < 1.29 is 4.11 Å². The minimum atomic E-state index is -1.45. The zero-order valence-corrected chi connectivity index (χ0v) is 6.99. The lowest BCUT2D eigenvalue weighted by Crippen LogP contribution is -2.08. The maximum Gasteiger partial charge on any atom is 0.252 e. The first-order valence-corrected chi connectivity index (χ1v) is 4.29. The van der Waals surface area contributed by atoms with E-state index < -0.39 is 6.37 Å². The highest BCUT2D eigenvalue weighted by molar-refractivity contribution is 5.32. The van der Waals surface area contributed by atoms with Gasteiger partial charge in [0.05, 0.1) is 1.37 Å². The minimum absolute atomic E-state index is 0.209. The molecule has 4 nitrogen and oxygen atoms in total. The molecule has 3 rings (SSSR count). The van der Waals surface area contributed by atoms with Crippen LogP contribution in [0.3, 0.4) is 0 Å². The van der Waals surface area contributed by atoms with Crippen LogP contribution < -0.4 is 0 Å². The highest BCUT2D eigenvalue weighted by Gasteiger charge is 2.12. The zero-order chi connectivity index (χ0) is 11.3. The van der Waals surface area contributed by atoms with Crippen LogP contribution in [0.5, 0.6) is 0 Å². The second-order valence-electron chi connectivity index (χ2n) is 3.05. The van der Waals surface area contributed by atoms with Crippen LogP contribution in [-0.4, -0.2) is 19.6 Å². The van der Waals surface area contributed by atoms with Crippen molar-refractivity contribution in [3.8, 4) is 0 Å². The molecule has 0 atom stereocenters. The van der Waals surface area contributed by atoms with E-state index >= 15 is 0 Å². The van der Waals surface area contributed by atoms with E-state index in [0.29, 0.717) is 29.9 Å². The number of nitrogens with zero attached hydrogens (tertiary/aromatic N) is 4. The van der Waals surface area contributed by atoms with E-state index in [1.807, 2.05) is 0 Å². The molecular weight excluding hydrogens is 164 g/mol. The van der Waals surface area contributed by atoms with Crippen LogP contribution in [0.25, 0.3) is 5.78 Å². The molecule has 1 aliphatic carbocycles. The fraction of sp³-hybridized carbons (Fsp3) is 0.444. The molecular formula is C9H10N4. The molecule has 2 aromatic heterocycles. The summed E-state index contributed by atoms with van der Waals surface area (Å²) in [5.41, 5.74) is 1.03. The predicted molar refractivity (Wildman–Crippen MR) is 47.4 cm³/mol. The molecule has 0 fully saturated rings. The van der Waals surface area contributed by atoms with E-state index in [1.165, 1.54) is 10.8 Å². The van der Waals surface area contributed by atoms with Crippen LogP contribution in [0.2, 0.25) is 0 Å². The lowest BCUT2D eigenvalue weighted by molar-refractivity contribution is 0.659. The third kappa shape index (κ3) is 1.02. The Morgan fingerprint density at radius 3 is 3.54 bits per heavy atom. The molecule has 4 heteroatoms. The summed E-state index contributed by atoms with van der Waals surface area (Å²) in [6, 6.07) is 0. The fourth-order valence-electron chi connectivity index (χ4n) is 1.53. The van der Waals surface area contributed by atoms with E-state index in [0.717, 1.165) is 6.42 Å². The summed E-state index contributed by atoms with van der Waals surface area (Å²) in [7, 11) is 0. The molecule has 2 aromatic rings. The summed E-state index contributed by atoms with van der Waals surface area (Å²) in [6.45, 7) is 0. The van der Waals surface area contributed by atoms with Crippen LogP contribution in [0, 0.1) is 0 Å². The standard InChI is InChI=1S/C9H10N4/c1-2-4-8-7(3-1)5-13-9(12-8)10-6-11-13/h5-6H,1-4H2/i4D2,5D. The second kappa shape index (κ2) is 2.52. The average molecular weight is 177 g/mol. The van der Waals surface area contributed by atoms with Gasteiger partial charge in [0.2, 0.25) is 0 Å². The molecule has 0 saturated heterocycles. The van der Waals surface area contributed by atoms with Crippen LogP contribution in [0.4, 0.5) is 0 Å². The molecule has 0 bridgehead atoms. The highest BCUT2D eigenvalue weighted by Crippen LogP contribution is 2.18. The monoisotopic (exact) mass is 177 g/mol. The van der Waals surface area contributed by atoms with Gasteiger partial charge in [-0.15, -0.1) is 0 Å². The summed E-state index contributed by atoms with van der Waals surface area (Å²) < 4.78 is 25.1. The van der Waals surface area contributed by atoms with Gasteiger partial charge in [-0.3, -0.25) is 0 Å². The normalized spacial score (nSPS) is 23.2. The molecule has 0 radical (unpaired) electrons. The van der Waals surface area contributed by atoms with Crippen molar-refractivity contribution in [2.45, 2.75) is 25.6 Å². The molecule has 66 valence electrons. The van der Waals surface area contributed by atoms with Crippen LogP contribution >= 0.6 is 0 Å². The third-order valence-corrected chi connectivity index (χ3v) is 2.16. The maximum atomic E-state index is 7.96. The highest BCUT2D eigenvalue weighted by atomic mass is 15.3. The number of hydrogen-bond donors (Lipinski definition) is 0. The Hall–Kier alpha value is -1.45. The first-order valence-electron chi connectivity index (χ1n) is 5.79. The number of aromatic nitrogens is 4. The van der Waals surface area contributed by atoms with Gasteiger partial charge in [0.1, 0.15) is 6.33 Å². The van der Waals surface area contributed by atoms with Crippen molar-refractivity contribution in [3.05, 3.63) is 23.8 Å². The summed E-state index contributed by atoms with van der Waals surface area (Å²) in [5, 5.41) is 3.91. The van der Waals surface area contributed by atoms with E-state index in [4.69, 9.17) is 4.11 Å². The Morgan fingerprint density at radius 2 is 2.54 bits per heavy atom. The van der Waals surface area contributed by atoms with E-state index in [1.54, 1.807) is 0 Å². The molecule has 0 amide bonds. The number of fused-ring (bicyclic) bond motifs is 2. The number of rotatable bonds is 0. The SMILES string of the molecule is [2H]c1c2c(nc3ncnn13)C([2H])([2H])CCC2. The van der Waals surface area contributed by atoms with Gasteiger partial charge in [0, 0.05) is 14.6 Å². The Kier molecular flexibility index (Phi) is 0.909. The molecule has 0 N–H and O–H groups in total. The van der Waals surface area contributed by atoms with Crippen molar-refractivity contribution in [2.75, 3.05) is 0 Å². The first kappa shape index (κ1) is 4.69.